The summed E-state index contributed by atoms with van der Waals surface area (Å²) in [6.45, 7) is 2.88. The van der Waals surface area contributed by atoms with Crippen LogP contribution in [-0.4, -0.2) is 48.1 Å². The Morgan fingerprint density at radius 2 is 1.90 bits per heavy atom. The molecule has 114 valence electrons. The van der Waals surface area contributed by atoms with Gasteiger partial charge in [0.25, 0.3) is 0 Å². The molecule has 5 nitrogen and oxygen atoms in total. The molecule has 0 radical (unpaired) electrons. The van der Waals surface area contributed by atoms with Crippen molar-refractivity contribution in [3.05, 3.63) is 0 Å². The Morgan fingerprint density at radius 3 is 2.55 bits per heavy atom. The predicted molar refractivity (Wildman–Crippen MR) is 76.4 cm³/mol. The fourth-order valence-electron chi connectivity index (χ4n) is 3.23. The summed E-state index contributed by atoms with van der Waals surface area (Å²) in [5.74, 6) is -0.195. The molecule has 0 spiro atoms. The number of hydrogen-bond acceptors (Lipinski definition) is 3. The zero-order valence-corrected chi connectivity index (χ0v) is 12.1. The summed E-state index contributed by atoms with van der Waals surface area (Å²) in [6, 6.07) is 0. The van der Waals surface area contributed by atoms with E-state index in [4.69, 9.17) is 5.11 Å². The van der Waals surface area contributed by atoms with Gasteiger partial charge < -0.3 is 15.3 Å². The van der Waals surface area contributed by atoms with Crippen LogP contribution in [0.15, 0.2) is 0 Å². The zero-order chi connectivity index (χ0) is 14.4. The molecule has 2 aliphatic rings. The highest BCUT2D eigenvalue weighted by atomic mass is 16.4. The minimum Gasteiger partial charge on any atom is -0.481 e. The van der Waals surface area contributed by atoms with Crippen molar-refractivity contribution in [2.24, 2.45) is 11.8 Å². The normalized spacial score (nSPS) is 24.7. The summed E-state index contributed by atoms with van der Waals surface area (Å²) in [5, 5.41) is 12.0. The first-order valence-corrected chi connectivity index (χ1v) is 7.87. The Labute approximate surface area is 120 Å². The van der Waals surface area contributed by atoms with Gasteiger partial charge >= 0.3 is 5.97 Å². The molecule has 20 heavy (non-hydrogen) atoms. The van der Waals surface area contributed by atoms with Crippen molar-refractivity contribution in [3.8, 4) is 0 Å². The summed E-state index contributed by atoms with van der Waals surface area (Å²) in [6.07, 6.45) is 7.61. The van der Waals surface area contributed by atoms with Crippen molar-refractivity contribution in [2.45, 2.75) is 44.9 Å². The van der Waals surface area contributed by atoms with Gasteiger partial charge in [0, 0.05) is 26.1 Å². The van der Waals surface area contributed by atoms with Crippen molar-refractivity contribution >= 4 is 11.9 Å². The number of carbonyl (C=O) groups excluding carboxylic acids is 1. The second kappa shape index (κ2) is 7.62. The Morgan fingerprint density at radius 1 is 1.15 bits per heavy atom. The summed E-state index contributed by atoms with van der Waals surface area (Å²) in [5.41, 5.74) is 0. The topological polar surface area (TPSA) is 69.6 Å². The summed E-state index contributed by atoms with van der Waals surface area (Å²) in [4.78, 5) is 24.7. The van der Waals surface area contributed by atoms with E-state index in [-0.39, 0.29) is 11.8 Å². The number of hydrogen-bond donors (Lipinski definition) is 2. The van der Waals surface area contributed by atoms with E-state index < -0.39 is 5.97 Å². The molecule has 0 aromatic heterocycles. The average Bonchev–Trinajstić information content (AvgIpc) is 2.93. The lowest BCUT2D eigenvalue weighted by molar-refractivity contribution is -0.141. The molecule has 0 bridgehead atoms. The van der Waals surface area contributed by atoms with E-state index >= 15 is 0 Å². The maximum atomic E-state index is 11.8. The van der Waals surface area contributed by atoms with Crippen molar-refractivity contribution in [1.82, 2.24) is 10.2 Å². The second-order valence-electron chi connectivity index (χ2n) is 6.18. The van der Waals surface area contributed by atoms with E-state index in [2.05, 4.69) is 10.2 Å². The number of carbonyl (C=O) groups is 2. The SMILES string of the molecule is O=C(CCN1CCC(C(=O)O)C1)NCC1CCCCC1. The third-order valence-electron chi connectivity index (χ3n) is 4.59. The van der Waals surface area contributed by atoms with Gasteiger partial charge in [0.1, 0.15) is 0 Å². The van der Waals surface area contributed by atoms with Crippen LogP contribution in [0.3, 0.4) is 0 Å². The van der Waals surface area contributed by atoms with E-state index in [1.54, 1.807) is 0 Å². The van der Waals surface area contributed by atoms with E-state index in [0.29, 0.717) is 31.8 Å². The van der Waals surface area contributed by atoms with E-state index in [1.165, 1.54) is 32.1 Å². The highest BCUT2D eigenvalue weighted by Gasteiger charge is 2.27. The van der Waals surface area contributed by atoms with Gasteiger partial charge in [-0.1, -0.05) is 19.3 Å². The maximum Gasteiger partial charge on any atom is 0.307 e. The van der Waals surface area contributed by atoms with Crippen LogP contribution in [0, 0.1) is 11.8 Å². The number of rotatable bonds is 6. The summed E-state index contributed by atoms with van der Waals surface area (Å²) < 4.78 is 0. The molecular formula is C15H26N2O3. The van der Waals surface area contributed by atoms with Crippen molar-refractivity contribution in [3.63, 3.8) is 0 Å². The number of nitrogens with zero attached hydrogens (tertiary/aromatic N) is 1. The number of nitrogens with one attached hydrogen (secondary N) is 1. The molecule has 0 aromatic rings. The number of carboxylic acids is 1. The van der Waals surface area contributed by atoms with Gasteiger partial charge in [-0.2, -0.15) is 0 Å². The molecule has 1 saturated heterocycles. The van der Waals surface area contributed by atoms with Gasteiger partial charge in [-0.05, 0) is 31.7 Å². The highest BCUT2D eigenvalue weighted by molar-refractivity contribution is 5.76. The standard InChI is InChI=1S/C15H26N2O3/c18-14(16-10-12-4-2-1-3-5-12)7-9-17-8-6-13(11-17)15(19)20/h12-13H,1-11H2,(H,16,18)(H,19,20). The lowest BCUT2D eigenvalue weighted by atomic mass is 9.89. The van der Waals surface area contributed by atoms with Crippen molar-refractivity contribution < 1.29 is 14.7 Å². The third kappa shape index (κ3) is 4.78. The van der Waals surface area contributed by atoms with Gasteiger partial charge in [0.15, 0.2) is 0 Å². The van der Waals surface area contributed by atoms with Gasteiger partial charge in [-0.15, -0.1) is 0 Å². The van der Waals surface area contributed by atoms with Crippen molar-refractivity contribution in [1.29, 1.82) is 0 Å². The first-order valence-electron chi connectivity index (χ1n) is 7.87. The van der Waals surface area contributed by atoms with Crippen LogP contribution in [0.1, 0.15) is 44.9 Å². The number of likely N-dealkylation sites (tertiary alicyclic amines) is 1. The smallest absolute Gasteiger partial charge is 0.307 e. The van der Waals surface area contributed by atoms with Crippen LogP contribution in [0.5, 0.6) is 0 Å². The molecule has 1 aliphatic heterocycles. The Hall–Kier alpha value is -1.10. The first kappa shape index (κ1) is 15.3. The van der Waals surface area contributed by atoms with Gasteiger partial charge in [-0.3, -0.25) is 9.59 Å². The molecule has 1 saturated carbocycles. The third-order valence-corrected chi connectivity index (χ3v) is 4.59. The Bertz CT molecular complexity index is 340. The number of carboxylic acid groups (broad SMARTS) is 1. The minimum atomic E-state index is -0.714. The van der Waals surface area contributed by atoms with E-state index in [0.717, 1.165) is 13.1 Å². The summed E-state index contributed by atoms with van der Waals surface area (Å²) in [7, 11) is 0. The van der Waals surface area contributed by atoms with E-state index in [1.807, 2.05) is 0 Å². The average molecular weight is 282 g/mol. The molecule has 1 amide bonds. The lowest BCUT2D eigenvalue weighted by Crippen LogP contribution is -2.33. The van der Waals surface area contributed by atoms with Gasteiger partial charge in [0.2, 0.25) is 5.91 Å². The van der Waals surface area contributed by atoms with Crippen LogP contribution in [0.2, 0.25) is 0 Å². The Kier molecular flexibility index (Phi) is 5.83. The zero-order valence-electron chi connectivity index (χ0n) is 12.1. The molecule has 1 heterocycles. The maximum absolute atomic E-state index is 11.8. The quantitative estimate of drug-likeness (QED) is 0.774. The van der Waals surface area contributed by atoms with Crippen LogP contribution >= 0.6 is 0 Å². The van der Waals surface area contributed by atoms with Gasteiger partial charge in [-0.25, -0.2) is 0 Å². The molecule has 1 aliphatic carbocycles. The number of aliphatic carboxylic acids is 1. The first-order chi connectivity index (χ1) is 9.65. The van der Waals surface area contributed by atoms with Crippen LogP contribution in [0.25, 0.3) is 0 Å². The molecule has 2 rings (SSSR count). The minimum absolute atomic E-state index is 0.106. The molecule has 5 heteroatoms. The predicted octanol–water partition coefficient (Wildman–Crippen LogP) is 1.48. The largest absolute Gasteiger partial charge is 0.481 e. The van der Waals surface area contributed by atoms with Gasteiger partial charge in [0.05, 0.1) is 5.92 Å². The van der Waals surface area contributed by atoms with E-state index in [9.17, 15) is 9.59 Å². The highest BCUT2D eigenvalue weighted by Crippen LogP contribution is 2.22. The lowest BCUT2D eigenvalue weighted by Gasteiger charge is -2.22. The Balaban J connectivity index is 1.57. The molecule has 0 aromatic carbocycles. The molecule has 1 unspecified atom stereocenters. The molecular weight excluding hydrogens is 256 g/mol. The fraction of sp³-hybridized carbons (Fsp3) is 0.867. The monoisotopic (exact) mass is 282 g/mol. The molecule has 1 atom stereocenters. The number of amides is 1. The van der Waals surface area contributed by atoms with Crippen LogP contribution in [0.4, 0.5) is 0 Å². The van der Waals surface area contributed by atoms with Crippen LogP contribution < -0.4 is 5.32 Å². The second-order valence-corrected chi connectivity index (χ2v) is 6.18. The van der Waals surface area contributed by atoms with Crippen LogP contribution in [-0.2, 0) is 9.59 Å². The molecule has 2 N–H and O–H groups in total. The summed E-state index contributed by atoms with van der Waals surface area (Å²) >= 11 is 0. The fourth-order valence-corrected chi connectivity index (χ4v) is 3.23. The van der Waals surface area contributed by atoms with Crippen molar-refractivity contribution in [2.75, 3.05) is 26.2 Å². The molecule has 2 fully saturated rings.